The highest BCUT2D eigenvalue weighted by molar-refractivity contribution is 5.63. The fourth-order valence-corrected chi connectivity index (χ4v) is 2.94. The molecule has 100 valence electrons. The minimum Gasteiger partial charge on any atom is -0.374 e. The maximum atomic E-state index is 2.44. The Hall–Kier alpha value is -1.90. The van der Waals surface area contributed by atoms with Gasteiger partial charge in [0.05, 0.1) is 17.9 Å². The number of para-hydroxylation sites is 1. The van der Waals surface area contributed by atoms with E-state index in [0.29, 0.717) is 6.17 Å². The molecule has 0 fully saturated rings. The third-order valence-electron chi connectivity index (χ3n) is 4.18. The van der Waals surface area contributed by atoms with Crippen LogP contribution in [-0.4, -0.2) is 36.6 Å². The molecule has 3 rings (SSSR count). The molecule has 19 heavy (non-hydrogen) atoms. The first-order valence-corrected chi connectivity index (χ1v) is 6.79. The van der Waals surface area contributed by atoms with Gasteiger partial charge in [0.1, 0.15) is 6.17 Å². The van der Waals surface area contributed by atoms with E-state index in [0.717, 1.165) is 6.54 Å². The van der Waals surface area contributed by atoms with Crippen LogP contribution in [0.15, 0.2) is 47.9 Å². The number of nitrogens with zero attached hydrogens (tertiary/aromatic N) is 3. The van der Waals surface area contributed by atoms with Crippen molar-refractivity contribution in [2.24, 2.45) is 0 Å². The standard InChI is InChI=1S/C16H21N3/c1-12-7-5-6-8-14(12)19-13(2)18(4)16-11-17(3)10-9-15(16)19/h5-10,13H,11H2,1-4H3. The Morgan fingerprint density at radius 3 is 2.63 bits per heavy atom. The van der Waals surface area contributed by atoms with Crippen LogP contribution in [0.5, 0.6) is 0 Å². The van der Waals surface area contributed by atoms with Gasteiger partial charge >= 0.3 is 0 Å². The van der Waals surface area contributed by atoms with E-state index >= 15 is 0 Å². The summed E-state index contributed by atoms with van der Waals surface area (Å²) in [5.74, 6) is 0. The van der Waals surface area contributed by atoms with E-state index in [-0.39, 0.29) is 0 Å². The summed E-state index contributed by atoms with van der Waals surface area (Å²) in [6, 6.07) is 8.61. The third kappa shape index (κ3) is 1.81. The fourth-order valence-electron chi connectivity index (χ4n) is 2.94. The lowest BCUT2D eigenvalue weighted by atomic mass is 10.1. The lowest BCUT2D eigenvalue weighted by molar-refractivity contribution is 0.325. The maximum Gasteiger partial charge on any atom is 0.103 e. The number of hydrogen-bond acceptors (Lipinski definition) is 3. The van der Waals surface area contributed by atoms with Crippen molar-refractivity contribution in [1.29, 1.82) is 0 Å². The van der Waals surface area contributed by atoms with Crippen LogP contribution in [0.1, 0.15) is 12.5 Å². The van der Waals surface area contributed by atoms with Gasteiger partial charge in [-0.2, -0.15) is 0 Å². The van der Waals surface area contributed by atoms with Gasteiger partial charge in [-0.3, -0.25) is 0 Å². The molecule has 2 heterocycles. The van der Waals surface area contributed by atoms with E-state index in [2.05, 4.69) is 79.2 Å². The number of aryl methyl sites for hydroxylation is 1. The average molecular weight is 255 g/mol. The molecular formula is C16H21N3. The number of likely N-dealkylation sites (N-methyl/N-ethyl adjacent to an activating group) is 2. The van der Waals surface area contributed by atoms with Crippen molar-refractivity contribution in [3.63, 3.8) is 0 Å². The number of allylic oxidation sites excluding steroid dienone is 1. The zero-order valence-corrected chi connectivity index (χ0v) is 12.1. The molecule has 0 spiro atoms. The SMILES string of the molecule is Cc1ccccc1N1C2=C(CN(C)C=C2)N(C)C1C. The normalized spacial score (nSPS) is 22.3. The van der Waals surface area contributed by atoms with Crippen LogP contribution in [-0.2, 0) is 0 Å². The van der Waals surface area contributed by atoms with Crippen molar-refractivity contribution in [1.82, 2.24) is 9.80 Å². The number of hydrogen-bond donors (Lipinski definition) is 0. The quantitative estimate of drug-likeness (QED) is 0.764. The maximum absolute atomic E-state index is 2.44. The monoisotopic (exact) mass is 255 g/mol. The molecule has 0 saturated carbocycles. The van der Waals surface area contributed by atoms with E-state index in [1.165, 1.54) is 22.6 Å². The highest BCUT2D eigenvalue weighted by Gasteiger charge is 2.34. The first-order valence-electron chi connectivity index (χ1n) is 6.79. The predicted octanol–water partition coefficient (Wildman–Crippen LogP) is 2.76. The lowest BCUT2D eigenvalue weighted by Gasteiger charge is -2.30. The molecule has 0 bridgehead atoms. The van der Waals surface area contributed by atoms with Crippen LogP contribution < -0.4 is 4.90 Å². The second-order valence-electron chi connectivity index (χ2n) is 5.46. The molecule has 1 atom stereocenters. The van der Waals surface area contributed by atoms with Gasteiger partial charge in [0, 0.05) is 26.0 Å². The van der Waals surface area contributed by atoms with E-state index in [4.69, 9.17) is 0 Å². The van der Waals surface area contributed by atoms with Crippen molar-refractivity contribution >= 4 is 5.69 Å². The van der Waals surface area contributed by atoms with Gasteiger partial charge in [0.2, 0.25) is 0 Å². The van der Waals surface area contributed by atoms with Crippen LogP contribution in [0.25, 0.3) is 0 Å². The minimum atomic E-state index is 0.363. The Balaban J connectivity index is 2.07. The Labute approximate surface area is 115 Å². The predicted molar refractivity (Wildman–Crippen MR) is 79.7 cm³/mol. The van der Waals surface area contributed by atoms with Gasteiger partial charge in [-0.25, -0.2) is 0 Å². The van der Waals surface area contributed by atoms with E-state index in [1.807, 2.05) is 0 Å². The summed E-state index contributed by atoms with van der Waals surface area (Å²) < 4.78 is 0. The van der Waals surface area contributed by atoms with Crippen molar-refractivity contribution in [2.45, 2.75) is 20.0 Å². The van der Waals surface area contributed by atoms with Crippen molar-refractivity contribution in [3.8, 4) is 0 Å². The Kier molecular flexibility index (Phi) is 2.77. The minimum absolute atomic E-state index is 0.363. The van der Waals surface area contributed by atoms with Crippen molar-refractivity contribution < 1.29 is 0 Å². The van der Waals surface area contributed by atoms with Gasteiger partial charge in [0.25, 0.3) is 0 Å². The molecule has 1 aromatic rings. The molecule has 1 unspecified atom stereocenters. The highest BCUT2D eigenvalue weighted by Crippen LogP contribution is 2.37. The van der Waals surface area contributed by atoms with Crippen molar-refractivity contribution in [2.75, 3.05) is 25.5 Å². The average Bonchev–Trinajstić information content (AvgIpc) is 2.64. The Morgan fingerprint density at radius 2 is 1.89 bits per heavy atom. The molecule has 1 aromatic carbocycles. The summed E-state index contributed by atoms with van der Waals surface area (Å²) in [7, 11) is 4.31. The molecule has 0 aliphatic carbocycles. The molecule has 0 amide bonds. The zero-order valence-electron chi connectivity index (χ0n) is 12.1. The molecule has 0 aromatic heterocycles. The summed E-state index contributed by atoms with van der Waals surface area (Å²) in [5.41, 5.74) is 5.37. The van der Waals surface area contributed by atoms with Gasteiger partial charge in [0.15, 0.2) is 0 Å². The molecule has 0 N–H and O–H groups in total. The van der Waals surface area contributed by atoms with E-state index in [9.17, 15) is 0 Å². The van der Waals surface area contributed by atoms with Crippen molar-refractivity contribution in [3.05, 3.63) is 53.5 Å². The summed E-state index contributed by atoms with van der Waals surface area (Å²) in [4.78, 5) is 7.04. The summed E-state index contributed by atoms with van der Waals surface area (Å²) in [6.45, 7) is 5.42. The van der Waals surface area contributed by atoms with Gasteiger partial charge in [-0.15, -0.1) is 0 Å². The smallest absolute Gasteiger partial charge is 0.103 e. The Bertz CT molecular complexity index is 559. The first kappa shape index (κ1) is 12.2. The molecule has 2 aliphatic heterocycles. The van der Waals surface area contributed by atoms with Crippen LogP contribution in [0, 0.1) is 6.92 Å². The second-order valence-corrected chi connectivity index (χ2v) is 5.46. The number of rotatable bonds is 1. The lowest BCUT2D eigenvalue weighted by Crippen LogP contribution is -2.36. The second kappa shape index (κ2) is 4.34. The molecule has 0 saturated heterocycles. The van der Waals surface area contributed by atoms with Crippen LogP contribution >= 0.6 is 0 Å². The summed E-state index contributed by atoms with van der Waals surface area (Å²) in [6.07, 6.45) is 4.75. The molecule has 0 radical (unpaired) electrons. The first-order chi connectivity index (χ1) is 9.09. The topological polar surface area (TPSA) is 9.72 Å². The van der Waals surface area contributed by atoms with E-state index < -0.39 is 0 Å². The molecule has 3 heteroatoms. The van der Waals surface area contributed by atoms with Gasteiger partial charge in [-0.1, -0.05) is 18.2 Å². The fraction of sp³-hybridized carbons (Fsp3) is 0.375. The van der Waals surface area contributed by atoms with Crippen LogP contribution in [0.2, 0.25) is 0 Å². The largest absolute Gasteiger partial charge is 0.374 e. The van der Waals surface area contributed by atoms with E-state index in [1.54, 1.807) is 0 Å². The molecule has 3 nitrogen and oxygen atoms in total. The van der Waals surface area contributed by atoms with Crippen LogP contribution in [0.4, 0.5) is 5.69 Å². The van der Waals surface area contributed by atoms with Gasteiger partial charge < -0.3 is 14.7 Å². The van der Waals surface area contributed by atoms with Crippen LogP contribution in [0.3, 0.4) is 0 Å². The van der Waals surface area contributed by atoms with Gasteiger partial charge in [-0.05, 0) is 31.6 Å². The summed E-state index contributed by atoms with van der Waals surface area (Å²) >= 11 is 0. The zero-order chi connectivity index (χ0) is 13.6. The number of benzene rings is 1. The molecular weight excluding hydrogens is 234 g/mol. The summed E-state index contributed by atoms with van der Waals surface area (Å²) in [5, 5.41) is 0. The Morgan fingerprint density at radius 1 is 1.16 bits per heavy atom. The highest BCUT2D eigenvalue weighted by atomic mass is 15.4. The third-order valence-corrected chi connectivity index (χ3v) is 4.18. The molecule has 2 aliphatic rings. The number of anilines is 1.